The second-order valence-electron chi connectivity index (χ2n) is 5.72. The number of methoxy groups -OCH3 is 1. The molecule has 0 aromatic heterocycles. The molecule has 1 aromatic carbocycles. The molecule has 5 nitrogen and oxygen atoms in total. The number of amides is 1. The Labute approximate surface area is 117 Å². The Kier molecular flexibility index (Phi) is 2.56. The smallest absolute Gasteiger partial charge is 0.229 e. The lowest BCUT2D eigenvalue weighted by Crippen LogP contribution is -2.36. The van der Waals surface area contributed by atoms with Gasteiger partial charge >= 0.3 is 0 Å². The topological polar surface area (TPSA) is 59.0 Å². The van der Waals surface area contributed by atoms with Crippen molar-refractivity contribution in [1.29, 1.82) is 0 Å². The SMILES string of the molecule is COc1ccc([C@H]2OC[C@@H]3[C@H]4[C@H](CO)[C@H]4C(=O)N23)cc1. The predicted octanol–water partition coefficient (Wildman–Crippen LogP) is 0.789. The van der Waals surface area contributed by atoms with Crippen LogP contribution in [0.5, 0.6) is 5.75 Å². The molecule has 1 amide bonds. The Morgan fingerprint density at radius 3 is 2.80 bits per heavy atom. The van der Waals surface area contributed by atoms with E-state index in [1.807, 2.05) is 29.2 Å². The van der Waals surface area contributed by atoms with Gasteiger partial charge in [-0.15, -0.1) is 0 Å². The summed E-state index contributed by atoms with van der Waals surface area (Å²) in [5, 5.41) is 9.26. The molecule has 2 saturated heterocycles. The van der Waals surface area contributed by atoms with Crippen molar-refractivity contribution < 1.29 is 19.4 Å². The minimum Gasteiger partial charge on any atom is -0.497 e. The molecule has 5 atom stereocenters. The molecule has 0 unspecified atom stereocenters. The molecule has 1 aromatic rings. The van der Waals surface area contributed by atoms with E-state index in [1.54, 1.807) is 7.11 Å². The Balaban J connectivity index is 1.58. The summed E-state index contributed by atoms with van der Waals surface area (Å²) in [7, 11) is 1.63. The maximum atomic E-state index is 12.4. The van der Waals surface area contributed by atoms with Gasteiger partial charge in [-0.05, 0) is 24.0 Å². The fraction of sp³-hybridized carbons (Fsp3) is 0.533. The summed E-state index contributed by atoms with van der Waals surface area (Å²) < 4.78 is 11.0. The first-order valence-corrected chi connectivity index (χ1v) is 6.95. The van der Waals surface area contributed by atoms with E-state index in [9.17, 15) is 9.90 Å². The lowest BCUT2D eigenvalue weighted by Gasteiger charge is -2.25. The van der Waals surface area contributed by atoms with Crippen LogP contribution in [-0.4, -0.2) is 42.3 Å². The van der Waals surface area contributed by atoms with Gasteiger partial charge in [0.2, 0.25) is 5.91 Å². The number of aliphatic hydroxyl groups is 1. The zero-order chi connectivity index (χ0) is 13.9. The Bertz CT molecular complexity index is 543. The average Bonchev–Trinajstić information content (AvgIpc) is 2.93. The van der Waals surface area contributed by atoms with E-state index >= 15 is 0 Å². The number of nitrogens with zero attached hydrogens (tertiary/aromatic N) is 1. The van der Waals surface area contributed by atoms with Crippen LogP contribution in [0.2, 0.25) is 0 Å². The molecular formula is C15H17NO4. The maximum absolute atomic E-state index is 12.4. The van der Waals surface area contributed by atoms with E-state index in [-0.39, 0.29) is 42.5 Å². The number of aliphatic hydroxyl groups excluding tert-OH is 1. The molecule has 0 spiro atoms. The molecule has 1 aliphatic carbocycles. The largest absolute Gasteiger partial charge is 0.497 e. The fourth-order valence-electron chi connectivity index (χ4n) is 3.81. The van der Waals surface area contributed by atoms with Gasteiger partial charge in [-0.25, -0.2) is 0 Å². The normalized spacial score (nSPS) is 37.8. The van der Waals surface area contributed by atoms with Crippen LogP contribution in [0.15, 0.2) is 24.3 Å². The summed E-state index contributed by atoms with van der Waals surface area (Å²) in [6.07, 6.45) is -0.287. The summed E-state index contributed by atoms with van der Waals surface area (Å²) in [4.78, 5) is 14.3. The van der Waals surface area contributed by atoms with Crippen molar-refractivity contribution in [2.45, 2.75) is 12.3 Å². The van der Waals surface area contributed by atoms with Gasteiger partial charge in [-0.2, -0.15) is 0 Å². The van der Waals surface area contributed by atoms with Crippen molar-refractivity contribution in [1.82, 2.24) is 4.90 Å². The van der Waals surface area contributed by atoms with Gasteiger partial charge in [-0.1, -0.05) is 12.1 Å². The molecule has 3 fully saturated rings. The van der Waals surface area contributed by atoms with Crippen molar-refractivity contribution in [3.05, 3.63) is 29.8 Å². The van der Waals surface area contributed by atoms with Crippen LogP contribution in [0.3, 0.4) is 0 Å². The zero-order valence-corrected chi connectivity index (χ0v) is 11.2. The molecular weight excluding hydrogens is 258 g/mol. The molecule has 2 heterocycles. The second kappa shape index (κ2) is 4.20. The molecule has 1 saturated carbocycles. The van der Waals surface area contributed by atoms with E-state index in [0.29, 0.717) is 6.61 Å². The Hall–Kier alpha value is -1.59. The zero-order valence-electron chi connectivity index (χ0n) is 11.2. The predicted molar refractivity (Wildman–Crippen MR) is 69.9 cm³/mol. The van der Waals surface area contributed by atoms with E-state index in [0.717, 1.165) is 11.3 Å². The number of hydrogen-bond donors (Lipinski definition) is 1. The highest BCUT2D eigenvalue weighted by Gasteiger charge is 2.69. The number of carbonyl (C=O) groups excluding carboxylic acids is 1. The van der Waals surface area contributed by atoms with Crippen molar-refractivity contribution in [3.63, 3.8) is 0 Å². The highest BCUT2D eigenvalue weighted by molar-refractivity contribution is 5.86. The summed E-state index contributed by atoms with van der Waals surface area (Å²) >= 11 is 0. The maximum Gasteiger partial charge on any atom is 0.229 e. The third kappa shape index (κ3) is 1.47. The minimum absolute atomic E-state index is 0.0228. The van der Waals surface area contributed by atoms with Crippen molar-refractivity contribution in [3.8, 4) is 5.75 Å². The van der Waals surface area contributed by atoms with Crippen LogP contribution in [0, 0.1) is 17.8 Å². The van der Waals surface area contributed by atoms with Crippen LogP contribution < -0.4 is 4.74 Å². The number of hydrogen-bond acceptors (Lipinski definition) is 4. The van der Waals surface area contributed by atoms with Crippen LogP contribution in [0.1, 0.15) is 11.8 Å². The number of piperidine rings is 1. The molecule has 0 bridgehead atoms. The highest BCUT2D eigenvalue weighted by Crippen LogP contribution is 2.59. The van der Waals surface area contributed by atoms with Gasteiger partial charge in [0.25, 0.3) is 0 Å². The van der Waals surface area contributed by atoms with Crippen molar-refractivity contribution in [2.24, 2.45) is 17.8 Å². The second-order valence-corrected chi connectivity index (χ2v) is 5.72. The van der Waals surface area contributed by atoms with Crippen molar-refractivity contribution >= 4 is 5.91 Å². The third-order valence-corrected chi connectivity index (χ3v) is 4.86. The minimum atomic E-state index is -0.287. The van der Waals surface area contributed by atoms with Gasteiger partial charge in [-0.3, -0.25) is 4.79 Å². The van der Waals surface area contributed by atoms with Crippen LogP contribution in [0.25, 0.3) is 0 Å². The molecule has 4 rings (SSSR count). The van der Waals surface area contributed by atoms with Crippen molar-refractivity contribution in [2.75, 3.05) is 20.3 Å². The fourth-order valence-corrected chi connectivity index (χ4v) is 3.81. The quantitative estimate of drug-likeness (QED) is 0.886. The standard InChI is InChI=1S/C15H17NO4/c1-19-9-4-2-8(3-5-9)15-16-11(7-20-15)12-10(6-17)13(12)14(16)18/h2-5,10-13,15,17H,6-7H2,1H3/t10-,11+,12+,13+,15+/m0/s1. The number of benzene rings is 1. The third-order valence-electron chi connectivity index (χ3n) is 4.86. The molecule has 5 heteroatoms. The molecule has 3 aliphatic rings. The van der Waals surface area contributed by atoms with E-state index < -0.39 is 0 Å². The van der Waals surface area contributed by atoms with E-state index in [1.165, 1.54) is 0 Å². The van der Waals surface area contributed by atoms with Gasteiger partial charge in [0.05, 0.1) is 19.8 Å². The number of carbonyl (C=O) groups is 1. The first kappa shape index (κ1) is 12.2. The highest BCUT2D eigenvalue weighted by atomic mass is 16.5. The Morgan fingerprint density at radius 2 is 2.15 bits per heavy atom. The summed E-state index contributed by atoms with van der Waals surface area (Å²) in [6.45, 7) is 0.679. The lowest BCUT2D eigenvalue weighted by molar-refractivity contribution is -0.137. The van der Waals surface area contributed by atoms with Gasteiger partial charge in [0.1, 0.15) is 5.75 Å². The number of ether oxygens (including phenoxy) is 2. The summed E-state index contributed by atoms with van der Waals surface area (Å²) in [5.74, 6) is 1.39. The molecule has 2 aliphatic heterocycles. The lowest BCUT2D eigenvalue weighted by atomic mass is 10.1. The van der Waals surface area contributed by atoms with Crippen LogP contribution in [-0.2, 0) is 9.53 Å². The first-order valence-electron chi connectivity index (χ1n) is 6.95. The van der Waals surface area contributed by atoms with Crippen LogP contribution in [0.4, 0.5) is 0 Å². The van der Waals surface area contributed by atoms with Gasteiger partial charge in [0, 0.05) is 18.1 Å². The summed E-state index contributed by atoms with van der Waals surface area (Å²) in [5.41, 5.74) is 0.975. The first-order chi connectivity index (χ1) is 9.76. The van der Waals surface area contributed by atoms with Gasteiger partial charge in [0.15, 0.2) is 6.23 Å². The average molecular weight is 275 g/mol. The summed E-state index contributed by atoms with van der Waals surface area (Å²) in [6, 6.07) is 7.77. The van der Waals surface area contributed by atoms with Gasteiger partial charge < -0.3 is 19.5 Å². The molecule has 20 heavy (non-hydrogen) atoms. The molecule has 106 valence electrons. The Morgan fingerprint density at radius 1 is 1.40 bits per heavy atom. The number of rotatable bonds is 3. The monoisotopic (exact) mass is 275 g/mol. The molecule has 1 N–H and O–H groups in total. The van der Waals surface area contributed by atoms with Crippen LogP contribution >= 0.6 is 0 Å². The van der Waals surface area contributed by atoms with E-state index in [2.05, 4.69) is 0 Å². The number of fused-ring (bicyclic) bond motifs is 3. The van der Waals surface area contributed by atoms with E-state index in [4.69, 9.17) is 9.47 Å². The molecule has 0 radical (unpaired) electrons.